The molecule has 0 atom stereocenters. The van der Waals surface area contributed by atoms with Crippen LogP contribution >= 0.6 is 11.8 Å². The van der Waals surface area contributed by atoms with Gasteiger partial charge in [-0.05, 0) is 42.7 Å². The quantitative estimate of drug-likeness (QED) is 0.394. The summed E-state index contributed by atoms with van der Waals surface area (Å²) in [6.07, 6.45) is 2.06. The fraction of sp³-hybridized carbons (Fsp3) is 0.200. The highest BCUT2D eigenvalue weighted by atomic mass is 32.2. The largest absolute Gasteiger partial charge is 0.497 e. The number of rotatable bonds is 7. The average molecular weight is 352 g/mol. The minimum absolute atomic E-state index is 0.133. The van der Waals surface area contributed by atoms with Gasteiger partial charge in [0.2, 0.25) is 0 Å². The Bertz CT molecular complexity index is 861. The van der Waals surface area contributed by atoms with E-state index >= 15 is 0 Å². The van der Waals surface area contributed by atoms with Crippen molar-refractivity contribution in [1.29, 1.82) is 0 Å². The van der Waals surface area contributed by atoms with E-state index < -0.39 is 0 Å². The van der Waals surface area contributed by atoms with Crippen LogP contribution in [-0.2, 0) is 6.42 Å². The van der Waals surface area contributed by atoms with Crippen LogP contribution in [0.4, 0.5) is 0 Å². The van der Waals surface area contributed by atoms with Gasteiger partial charge >= 0.3 is 0 Å². The molecule has 0 radical (unpaired) electrons. The van der Waals surface area contributed by atoms with Crippen molar-refractivity contribution in [2.45, 2.75) is 18.0 Å². The number of H-pyrrole nitrogens is 1. The first-order valence-corrected chi connectivity index (χ1v) is 9.16. The third-order valence-electron chi connectivity index (χ3n) is 3.80. The molecule has 1 N–H and O–H groups in total. The molecule has 3 rings (SSSR count). The number of nitrogens with zero attached hydrogens (tertiary/aromatic N) is 1. The minimum Gasteiger partial charge on any atom is -0.497 e. The van der Waals surface area contributed by atoms with Crippen molar-refractivity contribution in [1.82, 2.24) is 9.97 Å². The van der Waals surface area contributed by atoms with E-state index in [1.165, 1.54) is 11.6 Å². The number of hydrogen-bond donors (Lipinski definition) is 1. The van der Waals surface area contributed by atoms with E-state index in [1.807, 2.05) is 30.3 Å². The Morgan fingerprint density at radius 2 is 1.84 bits per heavy atom. The zero-order valence-electron chi connectivity index (χ0n) is 14.1. The molecule has 0 aliphatic heterocycles. The van der Waals surface area contributed by atoms with E-state index in [-0.39, 0.29) is 5.56 Å². The average Bonchev–Trinajstić information content (AvgIpc) is 2.66. The van der Waals surface area contributed by atoms with Crippen molar-refractivity contribution in [3.05, 3.63) is 76.6 Å². The van der Waals surface area contributed by atoms with Gasteiger partial charge in [-0.1, -0.05) is 42.1 Å². The van der Waals surface area contributed by atoms with Crippen molar-refractivity contribution < 1.29 is 4.74 Å². The highest BCUT2D eigenvalue weighted by Crippen LogP contribution is 2.22. The van der Waals surface area contributed by atoms with Crippen LogP contribution in [0.25, 0.3) is 11.3 Å². The summed E-state index contributed by atoms with van der Waals surface area (Å²) in [6, 6.07) is 19.5. The number of aromatic nitrogens is 2. The number of thioether (sulfide) groups is 1. The molecule has 1 aromatic heterocycles. The van der Waals surface area contributed by atoms with Crippen LogP contribution in [0.15, 0.2) is 70.6 Å². The number of benzene rings is 2. The number of methoxy groups -OCH3 is 1. The van der Waals surface area contributed by atoms with Crippen molar-refractivity contribution in [2.75, 3.05) is 12.9 Å². The van der Waals surface area contributed by atoms with Crippen LogP contribution in [0, 0.1) is 0 Å². The molecule has 3 aromatic rings. The topological polar surface area (TPSA) is 55.0 Å². The molecule has 0 amide bonds. The van der Waals surface area contributed by atoms with Gasteiger partial charge in [0, 0.05) is 17.4 Å². The van der Waals surface area contributed by atoms with E-state index in [2.05, 4.69) is 34.2 Å². The van der Waals surface area contributed by atoms with Crippen LogP contribution in [0.3, 0.4) is 0 Å². The van der Waals surface area contributed by atoms with Crippen LogP contribution in [-0.4, -0.2) is 22.8 Å². The number of aromatic amines is 1. The Hall–Kier alpha value is -2.53. The molecular formula is C20H20N2O2S. The molecule has 5 heteroatoms. The molecule has 0 saturated heterocycles. The predicted molar refractivity (Wildman–Crippen MR) is 102 cm³/mol. The lowest BCUT2D eigenvalue weighted by molar-refractivity contribution is 0.415. The lowest BCUT2D eigenvalue weighted by atomic mass is 10.1. The second kappa shape index (κ2) is 8.53. The zero-order chi connectivity index (χ0) is 17.5. The summed E-state index contributed by atoms with van der Waals surface area (Å²) < 4.78 is 5.16. The monoisotopic (exact) mass is 352 g/mol. The standard InChI is InChI=1S/C20H20N2O2S/c1-24-17-11-9-16(10-12-17)18-14-19(23)22-20(21-18)25-13-5-8-15-6-3-2-4-7-15/h2-4,6-7,9-12,14H,5,8,13H2,1H3,(H,21,22,23). The highest BCUT2D eigenvalue weighted by Gasteiger charge is 2.05. The molecule has 0 bridgehead atoms. The maximum Gasteiger partial charge on any atom is 0.252 e. The first-order chi connectivity index (χ1) is 12.2. The van der Waals surface area contributed by atoms with Crippen molar-refractivity contribution >= 4 is 11.8 Å². The summed E-state index contributed by atoms with van der Waals surface area (Å²) in [6.45, 7) is 0. The van der Waals surface area contributed by atoms with Crippen LogP contribution in [0.5, 0.6) is 5.75 Å². The second-order valence-electron chi connectivity index (χ2n) is 5.60. The van der Waals surface area contributed by atoms with Crippen molar-refractivity contribution in [2.24, 2.45) is 0 Å². The summed E-state index contributed by atoms with van der Waals surface area (Å²) in [7, 11) is 1.63. The van der Waals surface area contributed by atoms with Gasteiger partial charge in [0.1, 0.15) is 5.75 Å². The van der Waals surface area contributed by atoms with E-state index in [0.717, 1.165) is 29.9 Å². The van der Waals surface area contributed by atoms with E-state index in [4.69, 9.17) is 4.74 Å². The van der Waals surface area contributed by atoms with Gasteiger partial charge in [0.25, 0.3) is 5.56 Å². The Morgan fingerprint density at radius 3 is 2.56 bits per heavy atom. The van der Waals surface area contributed by atoms with Gasteiger partial charge in [-0.25, -0.2) is 4.98 Å². The van der Waals surface area contributed by atoms with E-state index in [0.29, 0.717) is 10.9 Å². The Morgan fingerprint density at radius 1 is 1.08 bits per heavy atom. The fourth-order valence-corrected chi connectivity index (χ4v) is 3.32. The molecule has 25 heavy (non-hydrogen) atoms. The summed E-state index contributed by atoms with van der Waals surface area (Å²) in [5, 5.41) is 0.659. The van der Waals surface area contributed by atoms with Gasteiger partial charge in [-0.2, -0.15) is 0 Å². The van der Waals surface area contributed by atoms with Crippen molar-refractivity contribution in [3.63, 3.8) is 0 Å². The second-order valence-corrected chi connectivity index (χ2v) is 6.69. The first-order valence-electron chi connectivity index (χ1n) is 8.17. The van der Waals surface area contributed by atoms with Gasteiger partial charge < -0.3 is 9.72 Å². The lowest BCUT2D eigenvalue weighted by Gasteiger charge is -2.06. The third kappa shape index (κ3) is 4.97. The summed E-state index contributed by atoms with van der Waals surface area (Å²) in [4.78, 5) is 19.3. The Kier molecular flexibility index (Phi) is 5.90. The summed E-state index contributed by atoms with van der Waals surface area (Å²) in [5.74, 6) is 1.69. The minimum atomic E-state index is -0.133. The van der Waals surface area contributed by atoms with E-state index in [9.17, 15) is 4.79 Å². The normalized spacial score (nSPS) is 10.6. The number of hydrogen-bond acceptors (Lipinski definition) is 4. The number of aryl methyl sites for hydroxylation is 1. The Labute approximate surface area is 151 Å². The molecular weight excluding hydrogens is 332 g/mol. The van der Waals surface area contributed by atoms with Crippen LogP contribution < -0.4 is 10.3 Å². The predicted octanol–water partition coefficient (Wildman–Crippen LogP) is 4.17. The molecule has 4 nitrogen and oxygen atoms in total. The number of nitrogens with one attached hydrogen (secondary N) is 1. The van der Waals surface area contributed by atoms with Gasteiger partial charge in [0.15, 0.2) is 5.16 Å². The van der Waals surface area contributed by atoms with Crippen LogP contribution in [0.1, 0.15) is 12.0 Å². The smallest absolute Gasteiger partial charge is 0.252 e. The molecule has 0 saturated carbocycles. The summed E-state index contributed by atoms with van der Waals surface area (Å²) in [5.41, 5.74) is 2.78. The fourth-order valence-electron chi connectivity index (χ4n) is 2.50. The number of ether oxygens (including phenoxy) is 1. The third-order valence-corrected chi connectivity index (χ3v) is 4.76. The van der Waals surface area contributed by atoms with Gasteiger partial charge in [0.05, 0.1) is 12.8 Å². The maximum absolute atomic E-state index is 11.9. The molecule has 1 heterocycles. The first kappa shape index (κ1) is 17.3. The zero-order valence-corrected chi connectivity index (χ0v) is 14.9. The molecule has 0 fully saturated rings. The molecule has 0 spiro atoms. The molecule has 0 aliphatic carbocycles. The highest BCUT2D eigenvalue weighted by molar-refractivity contribution is 7.99. The molecule has 128 valence electrons. The van der Waals surface area contributed by atoms with Gasteiger partial charge in [-0.15, -0.1) is 0 Å². The summed E-state index contributed by atoms with van der Waals surface area (Å²) >= 11 is 1.58. The molecule has 2 aromatic carbocycles. The molecule has 0 aliphatic rings. The molecule has 0 unspecified atom stereocenters. The van der Waals surface area contributed by atoms with Gasteiger partial charge in [-0.3, -0.25) is 4.79 Å². The SMILES string of the molecule is COc1ccc(-c2cc(=O)[nH]c(SCCCc3ccccc3)n2)cc1. The van der Waals surface area contributed by atoms with E-state index in [1.54, 1.807) is 18.9 Å². The van der Waals surface area contributed by atoms with Crippen LogP contribution in [0.2, 0.25) is 0 Å². The Balaban J connectivity index is 1.63. The maximum atomic E-state index is 11.9. The lowest BCUT2D eigenvalue weighted by Crippen LogP contribution is -2.08. The van der Waals surface area contributed by atoms with Crippen molar-refractivity contribution in [3.8, 4) is 17.0 Å².